The van der Waals surface area contributed by atoms with Gasteiger partial charge in [0.25, 0.3) is 0 Å². The zero-order chi connectivity index (χ0) is 20.4. The quantitative estimate of drug-likeness (QED) is 0.373. The summed E-state index contributed by atoms with van der Waals surface area (Å²) in [6, 6.07) is 0.504. The zero-order valence-electron chi connectivity index (χ0n) is 18.4. The van der Waals surface area contributed by atoms with Crippen LogP contribution >= 0.6 is 11.3 Å². The Hall–Kier alpha value is -1.18. The van der Waals surface area contributed by atoms with E-state index in [0.717, 1.165) is 58.1 Å². The number of aromatic nitrogens is 1. The number of guanidine groups is 1. The number of nitrogens with one attached hydrogen (secondary N) is 2. The molecule has 1 aliphatic heterocycles. The molecule has 1 fully saturated rings. The first kappa shape index (κ1) is 23.1. The molecule has 2 N–H and O–H groups in total. The summed E-state index contributed by atoms with van der Waals surface area (Å²) in [5.41, 5.74) is 1.30. The first-order valence-corrected chi connectivity index (χ1v) is 11.5. The molecule has 0 spiro atoms. The van der Waals surface area contributed by atoms with Crippen molar-refractivity contribution in [3.63, 3.8) is 0 Å². The van der Waals surface area contributed by atoms with Gasteiger partial charge in [0.2, 0.25) is 0 Å². The second-order valence-corrected chi connectivity index (χ2v) is 9.44. The number of methoxy groups -OCH3 is 1. The van der Waals surface area contributed by atoms with Crippen LogP contribution in [0, 0.1) is 0 Å². The van der Waals surface area contributed by atoms with Crippen LogP contribution in [0.5, 0.6) is 0 Å². The van der Waals surface area contributed by atoms with Crippen LogP contribution in [0.3, 0.4) is 0 Å². The summed E-state index contributed by atoms with van der Waals surface area (Å²) in [7, 11) is 1.77. The summed E-state index contributed by atoms with van der Waals surface area (Å²) in [6.45, 7) is 14.7. The summed E-state index contributed by atoms with van der Waals surface area (Å²) in [4.78, 5) is 12.1. The van der Waals surface area contributed by atoms with Crippen LogP contribution in [0.25, 0.3) is 0 Å². The van der Waals surface area contributed by atoms with Crippen molar-refractivity contribution in [3.05, 3.63) is 16.1 Å². The maximum absolute atomic E-state index is 5.15. The molecule has 28 heavy (non-hydrogen) atoms. The average molecular weight is 410 g/mol. The number of nitrogens with zero attached hydrogens (tertiary/aromatic N) is 3. The molecule has 0 aliphatic carbocycles. The molecule has 0 atom stereocenters. The van der Waals surface area contributed by atoms with Gasteiger partial charge >= 0.3 is 0 Å². The second-order valence-electron chi connectivity index (χ2n) is 8.49. The third kappa shape index (κ3) is 8.05. The van der Waals surface area contributed by atoms with Gasteiger partial charge in [0.1, 0.15) is 0 Å². The average Bonchev–Trinajstić information content (AvgIpc) is 3.13. The molecule has 0 bridgehead atoms. The molecule has 7 heteroatoms. The lowest BCUT2D eigenvalue weighted by Crippen LogP contribution is -2.49. The van der Waals surface area contributed by atoms with Crippen LogP contribution in [0.15, 0.2) is 10.4 Å². The summed E-state index contributed by atoms with van der Waals surface area (Å²) in [6.07, 6.45) is 4.35. The van der Waals surface area contributed by atoms with Crippen molar-refractivity contribution in [2.45, 2.75) is 64.8 Å². The Morgan fingerprint density at radius 3 is 2.71 bits per heavy atom. The Labute approximate surface area is 175 Å². The van der Waals surface area contributed by atoms with E-state index in [0.29, 0.717) is 6.04 Å². The van der Waals surface area contributed by atoms with Gasteiger partial charge < -0.3 is 20.3 Å². The topological polar surface area (TPSA) is 61.8 Å². The highest BCUT2D eigenvalue weighted by Crippen LogP contribution is 2.24. The maximum Gasteiger partial charge on any atom is 0.191 e. The monoisotopic (exact) mass is 409 g/mol. The minimum atomic E-state index is 0.118. The predicted octanol–water partition coefficient (Wildman–Crippen LogP) is 3.04. The van der Waals surface area contributed by atoms with Gasteiger partial charge in [-0.1, -0.05) is 20.8 Å². The van der Waals surface area contributed by atoms with Gasteiger partial charge in [0.15, 0.2) is 5.96 Å². The van der Waals surface area contributed by atoms with Crippen molar-refractivity contribution < 1.29 is 4.74 Å². The molecule has 1 aromatic heterocycles. The molecule has 1 aliphatic rings. The molecule has 0 aromatic carbocycles. The molecule has 1 saturated heterocycles. The van der Waals surface area contributed by atoms with Crippen LogP contribution in [-0.4, -0.2) is 68.3 Å². The Morgan fingerprint density at radius 1 is 1.36 bits per heavy atom. The third-order valence-corrected chi connectivity index (χ3v) is 5.92. The fourth-order valence-electron chi connectivity index (χ4n) is 3.28. The molecule has 0 radical (unpaired) electrons. The van der Waals surface area contributed by atoms with E-state index in [-0.39, 0.29) is 5.41 Å². The number of likely N-dealkylation sites (tertiary alicyclic amines) is 1. The lowest BCUT2D eigenvalue weighted by molar-refractivity contribution is 0.155. The van der Waals surface area contributed by atoms with Crippen LogP contribution < -0.4 is 10.6 Å². The highest BCUT2D eigenvalue weighted by molar-refractivity contribution is 7.09. The largest absolute Gasteiger partial charge is 0.385 e. The summed E-state index contributed by atoms with van der Waals surface area (Å²) in [5, 5.41) is 10.4. The normalized spacial score (nSPS) is 17.1. The lowest BCUT2D eigenvalue weighted by atomic mass is 9.93. The Balaban J connectivity index is 1.77. The molecule has 2 heterocycles. The van der Waals surface area contributed by atoms with Crippen LogP contribution in [0.1, 0.15) is 57.7 Å². The van der Waals surface area contributed by atoms with E-state index in [1.54, 1.807) is 18.4 Å². The molecule has 0 unspecified atom stereocenters. The number of aliphatic imine (C=N–C) groups is 1. The van der Waals surface area contributed by atoms with Crippen molar-refractivity contribution in [1.29, 1.82) is 0 Å². The summed E-state index contributed by atoms with van der Waals surface area (Å²) >= 11 is 1.75. The van der Waals surface area contributed by atoms with Crippen molar-refractivity contribution in [1.82, 2.24) is 20.5 Å². The smallest absolute Gasteiger partial charge is 0.191 e. The van der Waals surface area contributed by atoms with E-state index in [9.17, 15) is 0 Å². The predicted molar refractivity (Wildman–Crippen MR) is 120 cm³/mol. The standard InChI is InChI=1S/C21H39N5OS/c1-6-22-20(23-11-8-19-25-18(16-28-19)21(2,3)4)24-17-9-13-26(14-10-17)12-7-15-27-5/h16-17H,6-15H2,1-5H3,(H2,22,23,24). The zero-order valence-corrected chi connectivity index (χ0v) is 19.2. The van der Waals surface area contributed by atoms with Gasteiger partial charge in [0.05, 0.1) is 10.7 Å². The molecular weight excluding hydrogens is 370 g/mol. The Bertz CT molecular complexity index is 588. The van der Waals surface area contributed by atoms with Gasteiger partial charge in [-0.2, -0.15) is 0 Å². The first-order chi connectivity index (χ1) is 13.4. The van der Waals surface area contributed by atoms with Crippen molar-refractivity contribution in [2.75, 3.05) is 46.4 Å². The summed E-state index contributed by atoms with van der Waals surface area (Å²) in [5.74, 6) is 0.938. The second kappa shape index (κ2) is 11.7. The number of hydrogen-bond acceptors (Lipinski definition) is 5. The van der Waals surface area contributed by atoms with Gasteiger partial charge in [0, 0.05) is 69.7 Å². The number of thiazole rings is 1. The number of rotatable bonds is 9. The molecule has 1 aromatic rings. The number of hydrogen-bond donors (Lipinski definition) is 2. The maximum atomic E-state index is 5.15. The van der Waals surface area contributed by atoms with Gasteiger partial charge in [-0.05, 0) is 26.2 Å². The van der Waals surface area contributed by atoms with E-state index in [2.05, 4.69) is 48.6 Å². The molecule has 2 rings (SSSR count). The number of piperidine rings is 1. The van der Waals surface area contributed by atoms with E-state index in [1.165, 1.54) is 23.5 Å². The van der Waals surface area contributed by atoms with E-state index >= 15 is 0 Å². The van der Waals surface area contributed by atoms with Crippen molar-refractivity contribution in [2.24, 2.45) is 4.99 Å². The highest BCUT2D eigenvalue weighted by atomic mass is 32.1. The molecular formula is C21H39N5OS. The number of ether oxygens (including phenoxy) is 1. The van der Waals surface area contributed by atoms with Crippen molar-refractivity contribution in [3.8, 4) is 0 Å². The Kier molecular flexibility index (Phi) is 9.68. The molecule has 160 valence electrons. The van der Waals surface area contributed by atoms with Gasteiger partial charge in [-0.25, -0.2) is 4.98 Å². The van der Waals surface area contributed by atoms with Crippen LogP contribution in [0.4, 0.5) is 0 Å². The van der Waals surface area contributed by atoms with Gasteiger partial charge in [-0.3, -0.25) is 4.99 Å². The molecule has 0 saturated carbocycles. The SMILES string of the molecule is CCNC(=NCCc1nc(C(C)(C)C)cs1)NC1CCN(CCCOC)CC1. The van der Waals surface area contributed by atoms with E-state index in [1.807, 2.05) is 0 Å². The van der Waals surface area contributed by atoms with E-state index < -0.39 is 0 Å². The first-order valence-electron chi connectivity index (χ1n) is 10.6. The Morgan fingerprint density at radius 2 is 2.11 bits per heavy atom. The van der Waals surface area contributed by atoms with Crippen LogP contribution in [-0.2, 0) is 16.6 Å². The lowest BCUT2D eigenvalue weighted by Gasteiger charge is -2.33. The third-order valence-electron chi connectivity index (χ3n) is 5.01. The minimum Gasteiger partial charge on any atom is -0.385 e. The highest BCUT2D eigenvalue weighted by Gasteiger charge is 2.20. The van der Waals surface area contributed by atoms with Gasteiger partial charge in [-0.15, -0.1) is 11.3 Å². The fraction of sp³-hybridized carbons (Fsp3) is 0.810. The molecule has 6 nitrogen and oxygen atoms in total. The summed E-state index contributed by atoms with van der Waals surface area (Å²) < 4.78 is 5.15. The molecule has 0 amide bonds. The minimum absolute atomic E-state index is 0.118. The van der Waals surface area contributed by atoms with Crippen molar-refractivity contribution >= 4 is 17.3 Å². The van der Waals surface area contributed by atoms with E-state index in [4.69, 9.17) is 14.7 Å². The fourth-order valence-corrected chi connectivity index (χ4v) is 4.29. The van der Waals surface area contributed by atoms with Crippen LogP contribution in [0.2, 0.25) is 0 Å².